The fraction of sp³-hybridized carbons (Fsp3) is 0.200. The van der Waals surface area contributed by atoms with Gasteiger partial charge in [0.15, 0.2) is 0 Å². The Balaban J connectivity index is 2.16. The van der Waals surface area contributed by atoms with Crippen LogP contribution in [0.3, 0.4) is 0 Å². The molecule has 0 amide bonds. The molecule has 0 aromatic heterocycles. The minimum atomic E-state index is -2.89. The average molecular weight is 281 g/mol. The van der Waals surface area contributed by atoms with Gasteiger partial charge in [-0.15, -0.1) is 0 Å². The van der Waals surface area contributed by atoms with Gasteiger partial charge in [-0.1, -0.05) is 30.3 Å². The summed E-state index contributed by atoms with van der Waals surface area (Å²) in [6.45, 7) is -2.89. The Kier molecular flexibility index (Phi) is 4.63. The van der Waals surface area contributed by atoms with Crippen LogP contribution in [0.15, 0.2) is 48.5 Å². The molecule has 0 saturated carbocycles. The number of rotatable bonds is 5. The zero-order valence-electron chi connectivity index (χ0n) is 10.6. The Labute approximate surface area is 115 Å². The molecule has 0 spiro atoms. The number of hydrogen-bond donors (Lipinski definition) is 1. The van der Waals surface area contributed by atoms with Gasteiger partial charge in [-0.05, 0) is 30.2 Å². The summed E-state index contributed by atoms with van der Waals surface area (Å²) in [6.07, 6.45) is 0.407. The van der Waals surface area contributed by atoms with Gasteiger partial charge in [0.25, 0.3) is 0 Å². The van der Waals surface area contributed by atoms with Crippen LogP contribution in [0.4, 0.5) is 13.2 Å². The third-order valence-electron chi connectivity index (χ3n) is 2.90. The van der Waals surface area contributed by atoms with Gasteiger partial charge in [-0.2, -0.15) is 8.78 Å². The molecule has 0 bridgehead atoms. The summed E-state index contributed by atoms with van der Waals surface area (Å²) in [7, 11) is 0. The lowest BCUT2D eigenvalue weighted by Crippen LogP contribution is -2.16. The maximum Gasteiger partial charge on any atom is 0.387 e. The van der Waals surface area contributed by atoms with Crippen molar-refractivity contribution in [2.75, 3.05) is 0 Å². The van der Waals surface area contributed by atoms with Gasteiger partial charge < -0.3 is 10.5 Å². The lowest BCUT2D eigenvalue weighted by Gasteiger charge is -2.16. The van der Waals surface area contributed by atoms with Gasteiger partial charge in [0.05, 0.1) is 0 Å². The molecule has 2 N–H and O–H groups in total. The van der Waals surface area contributed by atoms with E-state index in [0.29, 0.717) is 12.0 Å². The van der Waals surface area contributed by atoms with E-state index in [1.54, 1.807) is 30.3 Å². The summed E-state index contributed by atoms with van der Waals surface area (Å²) in [5, 5.41) is 0. The quantitative estimate of drug-likeness (QED) is 0.907. The Morgan fingerprint density at radius 3 is 2.30 bits per heavy atom. The molecule has 0 heterocycles. The van der Waals surface area contributed by atoms with E-state index in [1.807, 2.05) is 0 Å². The Bertz CT molecular complexity index is 557. The smallest absolute Gasteiger partial charge is 0.387 e. The van der Waals surface area contributed by atoms with E-state index >= 15 is 0 Å². The number of nitrogens with two attached hydrogens (primary N) is 1. The second-order valence-electron chi connectivity index (χ2n) is 4.35. The maximum absolute atomic E-state index is 12.8. The molecule has 0 saturated heterocycles. The molecular formula is C15H14F3NO. The van der Waals surface area contributed by atoms with Gasteiger partial charge in [-0.25, -0.2) is 4.39 Å². The average Bonchev–Trinajstić information content (AvgIpc) is 2.41. The molecule has 2 rings (SSSR count). The third kappa shape index (κ3) is 3.74. The van der Waals surface area contributed by atoms with Crippen molar-refractivity contribution in [3.8, 4) is 5.75 Å². The highest BCUT2D eigenvalue weighted by atomic mass is 19.3. The van der Waals surface area contributed by atoms with Gasteiger partial charge in [0, 0.05) is 11.6 Å². The number of ether oxygens (including phenoxy) is 1. The third-order valence-corrected chi connectivity index (χ3v) is 2.90. The van der Waals surface area contributed by atoms with Crippen molar-refractivity contribution < 1.29 is 17.9 Å². The number of alkyl halides is 2. The van der Waals surface area contributed by atoms with E-state index in [0.717, 1.165) is 5.56 Å². The summed E-state index contributed by atoms with van der Waals surface area (Å²) in [6, 6.07) is 11.8. The largest absolute Gasteiger partial charge is 0.434 e. The van der Waals surface area contributed by atoms with Crippen molar-refractivity contribution in [1.82, 2.24) is 0 Å². The number of para-hydroxylation sites is 1. The summed E-state index contributed by atoms with van der Waals surface area (Å²) >= 11 is 0. The molecule has 2 aromatic carbocycles. The van der Waals surface area contributed by atoms with Crippen LogP contribution >= 0.6 is 0 Å². The van der Waals surface area contributed by atoms with Gasteiger partial charge >= 0.3 is 6.61 Å². The van der Waals surface area contributed by atoms with Crippen molar-refractivity contribution in [3.63, 3.8) is 0 Å². The minimum absolute atomic E-state index is 0.0668. The van der Waals surface area contributed by atoms with Crippen molar-refractivity contribution >= 4 is 0 Å². The zero-order chi connectivity index (χ0) is 14.5. The monoisotopic (exact) mass is 281 g/mol. The lowest BCUT2D eigenvalue weighted by atomic mass is 9.99. The molecule has 1 unspecified atom stereocenters. The van der Waals surface area contributed by atoms with Crippen molar-refractivity contribution in [2.24, 2.45) is 5.73 Å². The molecule has 1 atom stereocenters. The number of hydrogen-bond acceptors (Lipinski definition) is 2. The molecule has 0 fully saturated rings. The SMILES string of the molecule is NC(Cc1ccc(F)cc1)c1ccccc1OC(F)F. The van der Waals surface area contributed by atoms with E-state index in [2.05, 4.69) is 4.74 Å². The van der Waals surface area contributed by atoms with Crippen LogP contribution < -0.4 is 10.5 Å². The predicted octanol–water partition coefficient (Wildman–Crippen LogP) is 3.67. The van der Waals surface area contributed by atoms with E-state index in [-0.39, 0.29) is 11.6 Å². The summed E-state index contributed by atoms with van der Waals surface area (Å²) in [4.78, 5) is 0. The predicted molar refractivity (Wildman–Crippen MR) is 70.1 cm³/mol. The Morgan fingerprint density at radius 1 is 1.00 bits per heavy atom. The number of halogens is 3. The number of benzene rings is 2. The Hall–Kier alpha value is -2.01. The van der Waals surface area contributed by atoms with Crippen LogP contribution in [0, 0.1) is 5.82 Å². The topological polar surface area (TPSA) is 35.2 Å². The first-order chi connectivity index (χ1) is 9.56. The second-order valence-corrected chi connectivity index (χ2v) is 4.35. The van der Waals surface area contributed by atoms with Crippen molar-refractivity contribution in [2.45, 2.75) is 19.1 Å². The van der Waals surface area contributed by atoms with Crippen LogP contribution in [-0.4, -0.2) is 6.61 Å². The lowest BCUT2D eigenvalue weighted by molar-refractivity contribution is -0.0506. The summed E-state index contributed by atoms with van der Waals surface area (Å²) < 4.78 is 41.9. The van der Waals surface area contributed by atoms with E-state index in [4.69, 9.17) is 5.73 Å². The Morgan fingerprint density at radius 2 is 1.65 bits per heavy atom. The maximum atomic E-state index is 12.8. The first-order valence-corrected chi connectivity index (χ1v) is 6.10. The molecule has 2 aromatic rings. The zero-order valence-corrected chi connectivity index (χ0v) is 10.6. The van der Waals surface area contributed by atoms with E-state index in [9.17, 15) is 13.2 Å². The minimum Gasteiger partial charge on any atom is -0.434 e. The standard InChI is InChI=1S/C15H14F3NO/c16-11-7-5-10(6-8-11)9-13(19)12-3-1-2-4-14(12)20-15(17)18/h1-8,13,15H,9,19H2. The fourth-order valence-electron chi connectivity index (χ4n) is 1.97. The van der Waals surface area contributed by atoms with Gasteiger partial charge in [0.2, 0.25) is 0 Å². The van der Waals surface area contributed by atoms with Crippen molar-refractivity contribution in [3.05, 3.63) is 65.5 Å². The summed E-state index contributed by atoms with van der Waals surface area (Å²) in [5.74, 6) is -0.263. The molecule has 0 radical (unpaired) electrons. The highest BCUT2D eigenvalue weighted by Crippen LogP contribution is 2.27. The van der Waals surface area contributed by atoms with Crippen LogP contribution in [0.2, 0.25) is 0 Å². The van der Waals surface area contributed by atoms with Crippen LogP contribution in [0.5, 0.6) is 5.75 Å². The molecule has 106 valence electrons. The highest BCUT2D eigenvalue weighted by molar-refractivity contribution is 5.36. The van der Waals surface area contributed by atoms with Gasteiger partial charge in [-0.3, -0.25) is 0 Å². The van der Waals surface area contributed by atoms with Crippen LogP contribution in [0.25, 0.3) is 0 Å². The first kappa shape index (κ1) is 14.4. The second kappa shape index (κ2) is 6.43. The van der Waals surface area contributed by atoms with E-state index in [1.165, 1.54) is 18.2 Å². The first-order valence-electron chi connectivity index (χ1n) is 6.10. The molecule has 5 heteroatoms. The molecule has 0 aliphatic heterocycles. The molecule has 0 aliphatic carbocycles. The fourth-order valence-corrected chi connectivity index (χ4v) is 1.97. The van der Waals surface area contributed by atoms with Crippen molar-refractivity contribution in [1.29, 1.82) is 0 Å². The van der Waals surface area contributed by atoms with E-state index < -0.39 is 12.7 Å². The van der Waals surface area contributed by atoms with Gasteiger partial charge in [0.1, 0.15) is 11.6 Å². The molecule has 2 nitrogen and oxygen atoms in total. The molecule has 20 heavy (non-hydrogen) atoms. The van der Waals surface area contributed by atoms with Crippen LogP contribution in [0.1, 0.15) is 17.2 Å². The normalized spacial score (nSPS) is 12.4. The van der Waals surface area contributed by atoms with Crippen LogP contribution in [-0.2, 0) is 6.42 Å². The molecular weight excluding hydrogens is 267 g/mol. The summed E-state index contributed by atoms with van der Waals surface area (Å²) in [5.41, 5.74) is 7.35. The highest BCUT2D eigenvalue weighted by Gasteiger charge is 2.15. The molecule has 0 aliphatic rings.